The van der Waals surface area contributed by atoms with E-state index >= 15 is 4.39 Å². The van der Waals surface area contributed by atoms with Gasteiger partial charge in [0, 0.05) is 23.8 Å². The molecule has 2 aromatic rings. The highest BCUT2D eigenvalue weighted by molar-refractivity contribution is 6.06. The summed E-state index contributed by atoms with van der Waals surface area (Å²) in [7, 11) is 0. The van der Waals surface area contributed by atoms with Crippen molar-refractivity contribution in [2.45, 2.75) is 58.0 Å². The number of carbonyl (C=O) groups is 2. The molecule has 176 valence electrons. The van der Waals surface area contributed by atoms with Crippen LogP contribution in [0.4, 0.5) is 10.1 Å². The highest BCUT2D eigenvalue weighted by Gasteiger charge is 2.37. The lowest BCUT2D eigenvalue weighted by Crippen LogP contribution is -2.38. The van der Waals surface area contributed by atoms with Crippen molar-refractivity contribution in [1.29, 1.82) is 0 Å². The van der Waals surface area contributed by atoms with Crippen LogP contribution < -0.4 is 10.3 Å². The molecule has 2 fully saturated rings. The Morgan fingerprint density at radius 1 is 1.30 bits per heavy atom. The maximum Gasteiger partial charge on any atom is 0.341 e. The van der Waals surface area contributed by atoms with Gasteiger partial charge >= 0.3 is 11.9 Å². The van der Waals surface area contributed by atoms with Gasteiger partial charge < -0.3 is 24.5 Å². The number of ether oxygens (including phenoxy) is 1. The van der Waals surface area contributed by atoms with E-state index in [2.05, 4.69) is 5.16 Å². The van der Waals surface area contributed by atoms with Crippen molar-refractivity contribution in [2.75, 3.05) is 18.1 Å². The quantitative estimate of drug-likeness (QED) is 0.282. The Morgan fingerprint density at radius 3 is 2.61 bits per heavy atom. The van der Waals surface area contributed by atoms with Crippen molar-refractivity contribution in [1.82, 2.24) is 4.57 Å². The molecule has 1 aliphatic heterocycles. The molecule has 1 saturated heterocycles. The number of hydrogen-bond acceptors (Lipinski definition) is 7. The van der Waals surface area contributed by atoms with Crippen LogP contribution in [0.25, 0.3) is 10.9 Å². The topological polar surface area (TPSA) is 121 Å². The molecule has 0 bridgehead atoms. The highest BCUT2D eigenvalue weighted by Crippen LogP contribution is 2.42. The molecule has 2 aliphatic rings. The van der Waals surface area contributed by atoms with Crippen molar-refractivity contribution in [3.05, 3.63) is 38.9 Å². The number of oxime groups is 1. The maximum absolute atomic E-state index is 15.6. The molecule has 0 amide bonds. The fraction of sp³-hybridized carbons (Fsp3) is 0.478. The molecule has 1 atom stereocenters. The first-order valence-corrected chi connectivity index (χ1v) is 11.1. The van der Waals surface area contributed by atoms with Gasteiger partial charge in [-0.1, -0.05) is 12.1 Å². The van der Waals surface area contributed by atoms with Crippen LogP contribution in [0.15, 0.2) is 16.0 Å². The zero-order chi connectivity index (χ0) is 23.9. The predicted octanol–water partition coefficient (Wildman–Crippen LogP) is 3.08. The second kappa shape index (κ2) is 8.84. The molecule has 1 unspecified atom stereocenters. The molecule has 1 aromatic carbocycles. The Bertz CT molecular complexity index is 1220. The van der Waals surface area contributed by atoms with Gasteiger partial charge in [0.1, 0.15) is 17.4 Å². The number of benzene rings is 1. The number of aromatic nitrogens is 1. The van der Waals surface area contributed by atoms with Crippen molar-refractivity contribution in [3.63, 3.8) is 0 Å². The number of hydrogen-bond donors (Lipinski definition) is 2. The average molecular weight is 459 g/mol. The van der Waals surface area contributed by atoms with Gasteiger partial charge in [0.15, 0.2) is 0 Å². The molecule has 33 heavy (non-hydrogen) atoms. The first-order valence-electron chi connectivity index (χ1n) is 11.1. The van der Waals surface area contributed by atoms with Crippen LogP contribution in [-0.2, 0) is 16.0 Å². The van der Waals surface area contributed by atoms with E-state index in [9.17, 15) is 24.7 Å². The number of pyridine rings is 1. The van der Waals surface area contributed by atoms with Gasteiger partial charge in [-0.25, -0.2) is 14.0 Å². The number of halogens is 1. The lowest BCUT2D eigenvalue weighted by atomic mass is 10.00. The minimum absolute atomic E-state index is 0.0368. The Balaban J connectivity index is 2.10. The summed E-state index contributed by atoms with van der Waals surface area (Å²) in [6.07, 6.45) is 3.99. The number of rotatable bonds is 7. The lowest BCUT2D eigenvalue weighted by molar-refractivity contribution is -0.144. The SMILES string of the molecule is CCOC(=O)C1CCCN1c1c(F)cc2c(=O)c(C(=O)O)c(CC)n(C3CC3)c2c1C=NO. The summed E-state index contributed by atoms with van der Waals surface area (Å²) >= 11 is 0. The molecule has 9 nitrogen and oxygen atoms in total. The van der Waals surface area contributed by atoms with Gasteiger partial charge in [0.2, 0.25) is 5.43 Å². The summed E-state index contributed by atoms with van der Waals surface area (Å²) in [6.45, 7) is 4.01. The predicted molar refractivity (Wildman–Crippen MR) is 119 cm³/mol. The minimum Gasteiger partial charge on any atom is -0.477 e. The minimum atomic E-state index is -1.36. The van der Waals surface area contributed by atoms with E-state index in [4.69, 9.17) is 4.74 Å². The first-order chi connectivity index (χ1) is 15.8. The normalized spacial score (nSPS) is 18.4. The third-order valence-corrected chi connectivity index (χ3v) is 6.30. The van der Waals surface area contributed by atoms with Gasteiger partial charge in [-0.05, 0) is 45.1 Å². The van der Waals surface area contributed by atoms with Crippen molar-refractivity contribution in [3.8, 4) is 0 Å². The van der Waals surface area contributed by atoms with Crippen LogP contribution in [0, 0.1) is 5.82 Å². The van der Waals surface area contributed by atoms with Crippen LogP contribution in [0.1, 0.15) is 67.2 Å². The van der Waals surface area contributed by atoms with Gasteiger partial charge in [0.25, 0.3) is 0 Å². The number of carbonyl (C=O) groups excluding carboxylic acids is 1. The molecular formula is C23H26FN3O6. The molecule has 2 heterocycles. The number of esters is 1. The van der Waals surface area contributed by atoms with E-state index in [0.29, 0.717) is 30.6 Å². The third-order valence-electron chi connectivity index (χ3n) is 6.30. The van der Waals surface area contributed by atoms with E-state index in [0.717, 1.165) is 25.1 Å². The summed E-state index contributed by atoms with van der Waals surface area (Å²) in [6, 6.07) is 0.269. The average Bonchev–Trinajstić information content (AvgIpc) is 3.50. The Labute approximate surface area is 189 Å². The van der Waals surface area contributed by atoms with E-state index in [1.807, 2.05) is 0 Å². The Kier molecular flexibility index (Phi) is 6.09. The van der Waals surface area contributed by atoms with Gasteiger partial charge in [-0.3, -0.25) is 4.79 Å². The molecule has 1 aromatic heterocycles. The summed E-state index contributed by atoms with van der Waals surface area (Å²) < 4.78 is 22.5. The van der Waals surface area contributed by atoms with Crippen LogP contribution in [-0.4, -0.2) is 52.2 Å². The van der Waals surface area contributed by atoms with Crippen LogP contribution in [0.2, 0.25) is 0 Å². The lowest BCUT2D eigenvalue weighted by Gasteiger charge is -2.29. The summed E-state index contributed by atoms with van der Waals surface area (Å²) in [4.78, 5) is 39.3. The third kappa shape index (κ3) is 3.73. The van der Waals surface area contributed by atoms with E-state index < -0.39 is 29.2 Å². The number of carboxylic acid groups (broad SMARTS) is 1. The molecule has 0 radical (unpaired) electrons. The summed E-state index contributed by atoms with van der Waals surface area (Å²) in [5.41, 5.74) is -0.327. The number of anilines is 1. The fourth-order valence-electron chi connectivity index (χ4n) is 4.90. The smallest absolute Gasteiger partial charge is 0.341 e. The number of carboxylic acids is 1. The monoisotopic (exact) mass is 459 g/mol. The first kappa shape index (κ1) is 22.8. The van der Waals surface area contributed by atoms with Crippen LogP contribution in [0.5, 0.6) is 0 Å². The number of fused-ring (bicyclic) bond motifs is 1. The van der Waals surface area contributed by atoms with Gasteiger partial charge in [-0.15, -0.1) is 0 Å². The number of aromatic carboxylic acids is 1. The summed E-state index contributed by atoms with van der Waals surface area (Å²) in [5.74, 6) is -2.64. The van der Waals surface area contributed by atoms with Gasteiger partial charge in [0.05, 0.1) is 29.4 Å². The van der Waals surface area contributed by atoms with Crippen LogP contribution in [0.3, 0.4) is 0 Å². The molecule has 1 saturated carbocycles. The second-order valence-corrected chi connectivity index (χ2v) is 8.28. The zero-order valence-electron chi connectivity index (χ0n) is 18.5. The molecular weight excluding hydrogens is 433 g/mol. The molecule has 1 aliphatic carbocycles. The molecule has 4 rings (SSSR count). The highest BCUT2D eigenvalue weighted by atomic mass is 19.1. The van der Waals surface area contributed by atoms with E-state index in [1.165, 1.54) is 0 Å². The standard InChI is InChI=1S/C23H26FN3O6/c1-3-16-18(22(29)30)21(28)13-10-15(24)20(26-9-5-6-17(26)23(31)33-4-2)14(11-25-32)19(13)27(16)12-7-8-12/h10-12,17,32H,3-9H2,1-2H3,(H,29,30). The molecule has 10 heteroatoms. The van der Waals surface area contributed by atoms with Crippen LogP contribution >= 0.6 is 0 Å². The fourth-order valence-corrected chi connectivity index (χ4v) is 4.90. The Hall–Kier alpha value is -3.43. The maximum atomic E-state index is 15.6. The van der Waals surface area contributed by atoms with E-state index in [1.54, 1.807) is 23.3 Å². The zero-order valence-corrected chi connectivity index (χ0v) is 18.5. The van der Waals surface area contributed by atoms with Crippen molar-refractivity contribution >= 4 is 34.7 Å². The Morgan fingerprint density at radius 2 is 2.03 bits per heavy atom. The van der Waals surface area contributed by atoms with E-state index in [-0.39, 0.29) is 41.3 Å². The van der Waals surface area contributed by atoms with Crippen molar-refractivity contribution < 1.29 is 29.0 Å². The molecule has 2 N–H and O–H groups in total. The largest absolute Gasteiger partial charge is 0.477 e. The summed E-state index contributed by atoms with van der Waals surface area (Å²) in [5, 5.41) is 22.2. The molecule has 0 spiro atoms. The van der Waals surface area contributed by atoms with Crippen molar-refractivity contribution in [2.24, 2.45) is 5.16 Å². The van der Waals surface area contributed by atoms with Gasteiger partial charge in [-0.2, -0.15) is 0 Å². The second-order valence-electron chi connectivity index (χ2n) is 8.28. The number of nitrogens with zero attached hydrogens (tertiary/aromatic N) is 3.